The summed E-state index contributed by atoms with van der Waals surface area (Å²) in [4.78, 5) is 60.3. The van der Waals surface area contributed by atoms with E-state index in [1.54, 1.807) is 0 Å². The topological polar surface area (TPSA) is 187 Å². The van der Waals surface area contributed by atoms with Crippen LogP contribution in [0.5, 0.6) is 0 Å². The van der Waals surface area contributed by atoms with Crippen LogP contribution in [-0.2, 0) is 14.3 Å². The molecule has 0 bridgehead atoms. The number of nitrogens with zero attached hydrogens (tertiary/aromatic N) is 3. The number of esters is 2. The lowest BCUT2D eigenvalue weighted by atomic mass is 10.1. The van der Waals surface area contributed by atoms with Gasteiger partial charge >= 0.3 is 11.9 Å². The molecule has 1 atom stereocenters. The third-order valence-electron chi connectivity index (χ3n) is 5.71. The highest BCUT2D eigenvalue weighted by Gasteiger charge is 2.38. The van der Waals surface area contributed by atoms with Gasteiger partial charge in [0.1, 0.15) is 10.2 Å². The Bertz CT molecular complexity index is 1630. The average molecular weight is 538 g/mol. The zero-order chi connectivity index (χ0) is 27.7. The number of methoxy groups -OCH3 is 2. The van der Waals surface area contributed by atoms with E-state index in [-0.39, 0.29) is 38.2 Å². The molecule has 1 aliphatic heterocycles. The lowest BCUT2D eigenvalue weighted by Gasteiger charge is -2.23. The predicted molar refractivity (Wildman–Crippen MR) is 136 cm³/mol. The first kappa shape index (κ1) is 26.1. The van der Waals surface area contributed by atoms with E-state index >= 15 is 0 Å². The number of nitro groups is 2. The maximum Gasteiger partial charge on any atom is 0.357 e. The molecule has 4 rings (SSSR count). The highest BCUT2D eigenvalue weighted by atomic mass is 32.2. The normalized spacial score (nSPS) is 15.1. The molecule has 2 N–H and O–H groups in total. The molecule has 0 fully saturated rings. The zero-order valence-corrected chi connectivity index (χ0v) is 20.6. The summed E-state index contributed by atoms with van der Waals surface area (Å²) >= 11 is 0.840. The first-order valence-electron chi connectivity index (χ1n) is 10.7. The van der Waals surface area contributed by atoms with Gasteiger partial charge < -0.3 is 15.2 Å². The molecule has 38 heavy (non-hydrogen) atoms. The highest BCUT2D eigenvalue weighted by molar-refractivity contribution is 8.10. The number of anilines is 1. The van der Waals surface area contributed by atoms with Crippen molar-refractivity contribution in [2.75, 3.05) is 20.0 Å². The van der Waals surface area contributed by atoms with Gasteiger partial charge in [0.05, 0.1) is 35.1 Å². The number of nitrogen functional groups attached to an aromatic ring is 1. The Balaban J connectivity index is 2.03. The van der Waals surface area contributed by atoms with Gasteiger partial charge in [0.25, 0.3) is 11.4 Å². The second-order valence-corrected chi connectivity index (χ2v) is 8.97. The summed E-state index contributed by atoms with van der Waals surface area (Å²) in [5, 5.41) is 21.1. The van der Waals surface area contributed by atoms with Crippen LogP contribution in [0.1, 0.15) is 31.7 Å². The van der Waals surface area contributed by atoms with Crippen LogP contribution < -0.4 is 16.3 Å². The standard InChI is InChI=1S/C24H18N4O9S/c1-36-23(30)19-17(25)16(11-12-3-7-14(8-4-12)27(32)33)18-21(24(31)37-2)38-20(22(29)26(18)19)13-5-9-15(10-6-13)28(34)35/h3-11,20H,25H2,1-2H3/b16-11+. The third kappa shape index (κ3) is 4.48. The Morgan fingerprint density at radius 3 is 1.97 bits per heavy atom. The lowest BCUT2D eigenvalue weighted by molar-refractivity contribution is -0.385. The molecule has 194 valence electrons. The highest BCUT2D eigenvalue weighted by Crippen LogP contribution is 2.40. The number of non-ortho nitro benzene ring substituents is 2. The molecule has 2 aromatic carbocycles. The average Bonchev–Trinajstić information content (AvgIpc) is 3.20. The van der Waals surface area contributed by atoms with Crippen LogP contribution in [0.15, 0.2) is 48.5 Å². The van der Waals surface area contributed by atoms with E-state index in [1.165, 1.54) is 54.6 Å². The summed E-state index contributed by atoms with van der Waals surface area (Å²) in [5.41, 5.74) is 6.27. The van der Waals surface area contributed by atoms with Crippen molar-refractivity contribution < 1.29 is 33.7 Å². The van der Waals surface area contributed by atoms with E-state index in [0.29, 0.717) is 11.1 Å². The van der Waals surface area contributed by atoms with Crippen LogP contribution in [0.25, 0.3) is 11.0 Å². The number of rotatable bonds is 6. The number of thioether (sulfide) groups is 1. The number of nitrogens with two attached hydrogens (primary N) is 1. The monoisotopic (exact) mass is 538 g/mol. The largest absolute Gasteiger partial charge is 0.465 e. The molecule has 13 nitrogen and oxygen atoms in total. The van der Waals surface area contributed by atoms with Gasteiger partial charge in [0.2, 0.25) is 5.91 Å². The first-order chi connectivity index (χ1) is 18.1. The molecule has 0 saturated heterocycles. The lowest BCUT2D eigenvalue weighted by Crippen LogP contribution is -2.42. The van der Waals surface area contributed by atoms with Gasteiger partial charge in [0.15, 0.2) is 5.69 Å². The third-order valence-corrected chi connectivity index (χ3v) is 7.02. The van der Waals surface area contributed by atoms with Crippen molar-refractivity contribution in [3.63, 3.8) is 0 Å². The van der Waals surface area contributed by atoms with Gasteiger partial charge in [-0.2, -0.15) is 0 Å². The number of nitro benzene ring substituents is 2. The number of benzene rings is 2. The molecule has 1 aliphatic rings. The second-order valence-electron chi connectivity index (χ2n) is 7.85. The van der Waals surface area contributed by atoms with Crippen LogP contribution in [0.2, 0.25) is 0 Å². The Labute approximate surface area is 217 Å². The summed E-state index contributed by atoms with van der Waals surface area (Å²) in [5.74, 6) is -2.41. The quantitative estimate of drug-likeness (QED) is 0.274. The fraction of sp³-hybridized carbons (Fsp3) is 0.125. The minimum Gasteiger partial charge on any atom is -0.465 e. The van der Waals surface area contributed by atoms with Crippen molar-refractivity contribution in [3.8, 4) is 0 Å². The molecule has 0 amide bonds. The zero-order valence-electron chi connectivity index (χ0n) is 19.8. The smallest absolute Gasteiger partial charge is 0.357 e. The molecule has 1 aromatic heterocycles. The van der Waals surface area contributed by atoms with Crippen molar-refractivity contribution in [3.05, 3.63) is 96.1 Å². The fourth-order valence-electron chi connectivity index (χ4n) is 3.92. The summed E-state index contributed by atoms with van der Waals surface area (Å²) in [7, 11) is 2.24. The van der Waals surface area contributed by atoms with Gasteiger partial charge in [-0.05, 0) is 29.3 Å². The number of carbonyl (C=O) groups is 3. The molecule has 3 aromatic rings. The summed E-state index contributed by atoms with van der Waals surface area (Å²) in [6.45, 7) is 0. The molecule has 14 heteroatoms. The first-order valence-corrected chi connectivity index (χ1v) is 11.6. The minimum atomic E-state index is -1.08. The van der Waals surface area contributed by atoms with Crippen LogP contribution >= 0.6 is 11.8 Å². The van der Waals surface area contributed by atoms with Gasteiger partial charge in [0, 0.05) is 29.5 Å². The molecule has 0 radical (unpaired) electrons. The number of aromatic nitrogens is 1. The van der Waals surface area contributed by atoms with Crippen LogP contribution in [0.3, 0.4) is 0 Å². The summed E-state index contributed by atoms with van der Waals surface area (Å²) in [6.07, 6.45) is 1.47. The van der Waals surface area contributed by atoms with E-state index in [2.05, 4.69) is 0 Å². The van der Waals surface area contributed by atoms with Gasteiger partial charge in [-0.15, -0.1) is 0 Å². The number of fused-ring (bicyclic) bond motifs is 1. The van der Waals surface area contributed by atoms with E-state index in [1.807, 2.05) is 0 Å². The predicted octanol–water partition coefficient (Wildman–Crippen LogP) is 1.91. The van der Waals surface area contributed by atoms with Crippen LogP contribution in [0.4, 0.5) is 17.1 Å². The fourth-order valence-corrected chi connectivity index (χ4v) is 5.14. The maximum absolute atomic E-state index is 13.8. The molecule has 1 unspecified atom stereocenters. The second kappa shape index (κ2) is 10.2. The van der Waals surface area contributed by atoms with E-state index < -0.39 is 32.9 Å². The van der Waals surface area contributed by atoms with Crippen molar-refractivity contribution >= 4 is 57.7 Å². The van der Waals surface area contributed by atoms with E-state index in [4.69, 9.17) is 15.2 Å². The Morgan fingerprint density at radius 2 is 1.47 bits per heavy atom. The van der Waals surface area contributed by atoms with Gasteiger partial charge in [-0.1, -0.05) is 23.9 Å². The number of hydrogen-bond acceptors (Lipinski definition) is 11. The minimum absolute atomic E-state index is 0.0127. The molecule has 0 spiro atoms. The molecular formula is C24H18N4O9S. The molecule has 0 saturated carbocycles. The summed E-state index contributed by atoms with van der Waals surface area (Å²) < 4.78 is 10.8. The SMILES string of the molecule is COC(=O)C1=c2/c(=C/c3ccc([N+](=O)[O-])cc3)c(N)c(C(=O)OC)n2C(=O)C(c2ccc([N+](=O)[O-])cc2)S1. The van der Waals surface area contributed by atoms with Gasteiger partial charge in [-0.25, -0.2) is 9.59 Å². The van der Waals surface area contributed by atoms with Crippen molar-refractivity contribution in [2.24, 2.45) is 0 Å². The number of ether oxygens (including phenoxy) is 2. The van der Waals surface area contributed by atoms with E-state index in [9.17, 15) is 34.6 Å². The Kier molecular flexibility index (Phi) is 6.99. The molecule has 2 heterocycles. The van der Waals surface area contributed by atoms with Crippen molar-refractivity contribution in [1.29, 1.82) is 0 Å². The van der Waals surface area contributed by atoms with Crippen molar-refractivity contribution in [1.82, 2.24) is 4.57 Å². The maximum atomic E-state index is 13.8. The molecule has 0 aliphatic carbocycles. The van der Waals surface area contributed by atoms with Crippen LogP contribution in [-0.4, -0.2) is 46.5 Å². The Morgan fingerprint density at radius 1 is 0.947 bits per heavy atom. The molecular weight excluding hydrogens is 520 g/mol. The van der Waals surface area contributed by atoms with Gasteiger partial charge in [-0.3, -0.25) is 29.6 Å². The van der Waals surface area contributed by atoms with Crippen LogP contribution in [0, 0.1) is 20.2 Å². The number of hydrogen-bond donors (Lipinski definition) is 1. The summed E-state index contributed by atoms with van der Waals surface area (Å²) in [6, 6.07) is 10.6. The van der Waals surface area contributed by atoms with E-state index in [0.717, 1.165) is 30.5 Å². The number of carbonyl (C=O) groups excluding carboxylic acids is 3. The Hall–Kier alpha value is -4.98. The van der Waals surface area contributed by atoms with Crippen molar-refractivity contribution in [2.45, 2.75) is 5.25 Å².